The van der Waals surface area contributed by atoms with E-state index < -0.39 is 0 Å². The first kappa shape index (κ1) is 20.8. The Labute approximate surface area is 181 Å². The molecule has 2 heterocycles. The van der Waals surface area contributed by atoms with Crippen molar-refractivity contribution < 1.29 is 4.79 Å². The van der Waals surface area contributed by atoms with Gasteiger partial charge in [-0.25, -0.2) is 4.98 Å². The second-order valence-electron chi connectivity index (χ2n) is 9.53. The van der Waals surface area contributed by atoms with Crippen molar-refractivity contribution in [1.29, 1.82) is 0 Å². The highest BCUT2D eigenvalue weighted by Crippen LogP contribution is 2.41. The van der Waals surface area contributed by atoms with E-state index in [1.54, 1.807) is 11.3 Å². The Kier molecular flexibility index (Phi) is 5.30. The SMILES string of the molecule is Cc1ccc(NC(=O)Cn2cnc3sc4c(c3c2=O)CC[C@H](C(C)(C)C)C4)c(C)c1. The van der Waals surface area contributed by atoms with Gasteiger partial charge in [-0.1, -0.05) is 38.5 Å². The van der Waals surface area contributed by atoms with Crippen LogP contribution in [0.1, 0.15) is 48.8 Å². The van der Waals surface area contributed by atoms with E-state index in [4.69, 9.17) is 0 Å². The molecule has 0 radical (unpaired) electrons. The van der Waals surface area contributed by atoms with Crippen molar-refractivity contribution in [2.75, 3.05) is 5.32 Å². The van der Waals surface area contributed by atoms with Gasteiger partial charge < -0.3 is 5.32 Å². The molecule has 0 saturated carbocycles. The zero-order valence-corrected chi connectivity index (χ0v) is 19.2. The Hall–Kier alpha value is -2.47. The summed E-state index contributed by atoms with van der Waals surface area (Å²) in [6.45, 7) is 10.8. The number of fused-ring (bicyclic) bond motifs is 3. The van der Waals surface area contributed by atoms with Gasteiger partial charge in [0.05, 0.1) is 11.7 Å². The molecule has 5 nitrogen and oxygen atoms in total. The molecule has 30 heavy (non-hydrogen) atoms. The lowest BCUT2D eigenvalue weighted by Crippen LogP contribution is -2.29. The normalized spacial score (nSPS) is 16.5. The van der Waals surface area contributed by atoms with Crippen LogP contribution < -0.4 is 10.9 Å². The molecule has 0 bridgehead atoms. The first-order valence-corrected chi connectivity index (χ1v) is 11.3. The summed E-state index contributed by atoms with van der Waals surface area (Å²) in [5.41, 5.74) is 4.22. The number of aromatic nitrogens is 2. The van der Waals surface area contributed by atoms with Gasteiger partial charge in [-0.05, 0) is 61.6 Å². The number of amides is 1. The maximum atomic E-state index is 13.2. The standard InChI is InChI=1S/C24H29N3O2S/c1-14-6-9-18(15(2)10-14)26-20(28)12-27-13-25-22-21(23(27)29)17-8-7-16(24(3,4)5)11-19(17)30-22/h6,9-10,13,16H,7-8,11-12H2,1-5H3,(H,26,28)/t16-/m0/s1. The number of hydrogen-bond donors (Lipinski definition) is 1. The number of carbonyl (C=O) groups excluding carboxylic acids is 1. The molecular weight excluding hydrogens is 394 g/mol. The highest BCUT2D eigenvalue weighted by Gasteiger charge is 2.31. The van der Waals surface area contributed by atoms with Crippen LogP contribution in [0.15, 0.2) is 29.3 Å². The molecule has 0 saturated heterocycles. The highest BCUT2D eigenvalue weighted by molar-refractivity contribution is 7.18. The van der Waals surface area contributed by atoms with Crippen LogP contribution in [0.4, 0.5) is 5.69 Å². The van der Waals surface area contributed by atoms with Crippen molar-refractivity contribution >= 4 is 33.1 Å². The Bertz CT molecular complexity index is 1180. The number of carbonyl (C=O) groups is 1. The molecule has 1 aromatic carbocycles. The van der Waals surface area contributed by atoms with E-state index in [1.807, 2.05) is 32.0 Å². The van der Waals surface area contributed by atoms with Crippen LogP contribution in [0.25, 0.3) is 10.2 Å². The van der Waals surface area contributed by atoms with Crippen molar-refractivity contribution in [3.8, 4) is 0 Å². The molecular formula is C24H29N3O2S. The first-order chi connectivity index (χ1) is 14.1. The summed E-state index contributed by atoms with van der Waals surface area (Å²) in [6, 6.07) is 5.89. The first-order valence-electron chi connectivity index (χ1n) is 10.5. The molecule has 0 aliphatic heterocycles. The fraction of sp³-hybridized carbons (Fsp3) is 0.458. The summed E-state index contributed by atoms with van der Waals surface area (Å²) in [5.74, 6) is 0.394. The number of rotatable bonds is 3. The van der Waals surface area contributed by atoms with Gasteiger partial charge in [0.15, 0.2) is 0 Å². The topological polar surface area (TPSA) is 64.0 Å². The van der Waals surface area contributed by atoms with Crippen LogP contribution in [0, 0.1) is 25.2 Å². The van der Waals surface area contributed by atoms with Crippen LogP contribution in [-0.2, 0) is 24.2 Å². The second-order valence-corrected chi connectivity index (χ2v) is 10.6. The van der Waals surface area contributed by atoms with Crippen LogP contribution in [0.3, 0.4) is 0 Å². The summed E-state index contributed by atoms with van der Waals surface area (Å²) in [7, 11) is 0. The van der Waals surface area contributed by atoms with Gasteiger partial charge in [-0.2, -0.15) is 0 Å². The predicted octanol–water partition coefficient (Wildman–Crippen LogP) is 4.86. The zero-order valence-electron chi connectivity index (χ0n) is 18.3. The molecule has 3 aromatic rings. The molecule has 0 unspecified atom stereocenters. The van der Waals surface area contributed by atoms with E-state index in [9.17, 15) is 9.59 Å². The number of anilines is 1. The number of nitrogens with zero attached hydrogens (tertiary/aromatic N) is 2. The summed E-state index contributed by atoms with van der Waals surface area (Å²) in [5, 5.41) is 3.63. The summed E-state index contributed by atoms with van der Waals surface area (Å²) < 4.78 is 1.43. The van der Waals surface area contributed by atoms with Gasteiger partial charge in [-0.15, -0.1) is 11.3 Å². The maximum absolute atomic E-state index is 13.2. The third kappa shape index (κ3) is 3.93. The lowest BCUT2D eigenvalue weighted by atomic mass is 9.72. The van der Waals surface area contributed by atoms with Gasteiger partial charge in [0.25, 0.3) is 5.56 Å². The quantitative estimate of drug-likeness (QED) is 0.654. The highest BCUT2D eigenvalue weighted by atomic mass is 32.1. The van der Waals surface area contributed by atoms with Crippen LogP contribution in [-0.4, -0.2) is 15.5 Å². The van der Waals surface area contributed by atoms with Crippen molar-refractivity contribution in [2.45, 2.75) is 60.4 Å². The van der Waals surface area contributed by atoms with Crippen molar-refractivity contribution in [3.05, 3.63) is 56.4 Å². The number of benzene rings is 1. The Balaban J connectivity index is 1.60. The molecule has 1 N–H and O–H groups in total. The Morgan fingerprint density at radius 2 is 2.07 bits per heavy atom. The predicted molar refractivity (Wildman–Crippen MR) is 123 cm³/mol. The van der Waals surface area contributed by atoms with Gasteiger partial charge in [0.2, 0.25) is 5.91 Å². The van der Waals surface area contributed by atoms with Crippen LogP contribution >= 0.6 is 11.3 Å². The van der Waals surface area contributed by atoms with Gasteiger partial charge in [-0.3, -0.25) is 14.2 Å². The smallest absolute Gasteiger partial charge is 0.262 e. The average Bonchev–Trinajstić information content (AvgIpc) is 3.04. The van der Waals surface area contributed by atoms with E-state index in [0.717, 1.165) is 46.5 Å². The van der Waals surface area contributed by atoms with Gasteiger partial charge in [0, 0.05) is 10.6 Å². The van der Waals surface area contributed by atoms with E-state index in [2.05, 4.69) is 31.1 Å². The van der Waals surface area contributed by atoms with Crippen LogP contribution in [0.2, 0.25) is 0 Å². The third-order valence-corrected chi connectivity index (χ3v) is 7.39. The molecule has 4 rings (SSSR count). The van der Waals surface area contributed by atoms with Crippen molar-refractivity contribution in [2.24, 2.45) is 11.3 Å². The van der Waals surface area contributed by atoms with Crippen molar-refractivity contribution in [1.82, 2.24) is 9.55 Å². The Morgan fingerprint density at radius 3 is 2.77 bits per heavy atom. The number of thiophene rings is 1. The third-order valence-electron chi connectivity index (χ3n) is 6.23. The molecule has 0 fully saturated rings. The number of aryl methyl sites for hydroxylation is 3. The van der Waals surface area contributed by atoms with Crippen LogP contribution in [0.5, 0.6) is 0 Å². The molecule has 2 aromatic heterocycles. The molecule has 1 aliphatic rings. The van der Waals surface area contributed by atoms with Crippen molar-refractivity contribution in [3.63, 3.8) is 0 Å². The lowest BCUT2D eigenvalue weighted by Gasteiger charge is -2.33. The summed E-state index contributed by atoms with van der Waals surface area (Å²) in [4.78, 5) is 32.4. The number of hydrogen-bond acceptors (Lipinski definition) is 4. The van der Waals surface area contributed by atoms with Gasteiger partial charge >= 0.3 is 0 Å². The van der Waals surface area contributed by atoms with E-state index in [0.29, 0.717) is 11.3 Å². The molecule has 158 valence electrons. The second kappa shape index (κ2) is 7.65. The lowest BCUT2D eigenvalue weighted by molar-refractivity contribution is -0.116. The minimum atomic E-state index is -0.220. The fourth-order valence-electron chi connectivity index (χ4n) is 4.35. The van der Waals surface area contributed by atoms with E-state index in [1.165, 1.54) is 15.8 Å². The van der Waals surface area contributed by atoms with Gasteiger partial charge in [0.1, 0.15) is 11.4 Å². The zero-order chi connectivity index (χ0) is 21.6. The Morgan fingerprint density at radius 1 is 1.30 bits per heavy atom. The maximum Gasteiger partial charge on any atom is 0.262 e. The average molecular weight is 424 g/mol. The monoisotopic (exact) mass is 423 g/mol. The minimum Gasteiger partial charge on any atom is -0.324 e. The molecule has 1 aliphatic carbocycles. The molecule has 1 amide bonds. The minimum absolute atomic E-state index is 0.0374. The molecule has 1 atom stereocenters. The largest absolute Gasteiger partial charge is 0.324 e. The van der Waals surface area contributed by atoms with E-state index >= 15 is 0 Å². The summed E-state index contributed by atoms with van der Waals surface area (Å²) >= 11 is 1.64. The number of nitrogens with one attached hydrogen (secondary N) is 1. The fourth-order valence-corrected chi connectivity index (χ4v) is 5.61. The molecule has 0 spiro atoms. The van der Waals surface area contributed by atoms with E-state index in [-0.39, 0.29) is 23.4 Å². The molecule has 6 heteroatoms. The summed E-state index contributed by atoms with van der Waals surface area (Å²) in [6.07, 6.45) is 4.51.